The molecule has 6 nitrogen and oxygen atoms in total. The average Bonchev–Trinajstić information content (AvgIpc) is 2.44. The van der Waals surface area contributed by atoms with Crippen LogP contribution >= 0.6 is 0 Å². The molecule has 0 amide bonds. The van der Waals surface area contributed by atoms with Gasteiger partial charge in [-0.3, -0.25) is 4.48 Å². The topological polar surface area (TPSA) is 83.5 Å². The summed E-state index contributed by atoms with van der Waals surface area (Å²) < 4.78 is 64.9. The third-order valence-electron chi connectivity index (χ3n) is 3.09. The van der Waals surface area contributed by atoms with E-state index >= 15 is 0 Å². The van der Waals surface area contributed by atoms with Gasteiger partial charge in [0.2, 0.25) is 0 Å². The molecule has 0 saturated carbocycles. The number of halogens is 3. The molecule has 0 bridgehead atoms. The van der Waals surface area contributed by atoms with Crippen LogP contribution in [0.15, 0.2) is 24.3 Å². The molecule has 0 aliphatic rings. The van der Waals surface area contributed by atoms with Crippen molar-refractivity contribution >= 4 is 21.8 Å². The highest BCUT2D eigenvalue weighted by molar-refractivity contribution is 7.86. The number of carbonyl (C=O) groups is 1. The van der Waals surface area contributed by atoms with E-state index < -0.39 is 15.6 Å². The summed E-state index contributed by atoms with van der Waals surface area (Å²) in [6.45, 7) is 4.72. The number of ether oxygens (including phenoxy) is 1. The number of nitrogens with zero attached hydrogens (tertiary/aromatic N) is 1. The van der Waals surface area contributed by atoms with Crippen LogP contribution < -0.4 is 4.48 Å². The number of carbonyl (C=O) groups excluding carboxylic acids is 1. The Morgan fingerprint density at radius 3 is 1.88 bits per heavy atom. The maximum Gasteiger partial charge on any atom is 0.485 e. The Hall–Kier alpha value is -1.65. The van der Waals surface area contributed by atoms with Gasteiger partial charge in [-0.05, 0) is 36.6 Å². The van der Waals surface area contributed by atoms with Crippen molar-refractivity contribution in [3.05, 3.63) is 29.8 Å². The molecule has 150 valence electrons. The molecule has 0 radical (unpaired) electrons. The van der Waals surface area contributed by atoms with Gasteiger partial charge in [0, 0.05) is 0 Å². The number of esters is 1. The number of hydrogen-bond donors (Lipinski definition) is 0. The van der Waals surface area contributed by atoms with Crippen molar-refractivity contribution in [1.82, 2.24) is 4.48 Å². The van der Waals surface area contributed by atoms with Gasteiger partial charge in [-0.15, -0.1) is 0 Å². The first-order valence-electron chi connectivity index (χ1n) is 7.67. The van der Waals surface area contributed by atoms with Crippen LogP contribution in [0.2, 0.25) is 0 Å². The van der Waals surface area contributed by atoms with Gasteiger partial charge in [0.1, 0.15) is 5.69 Å². The highest BCUT2D eigenvalue weighted by Crippen LogP contribution is 2.20. The zero-order valence-corrected chi connectivity index (χ0v) is 16.1. The number of benzene rings is 1. The molecule has 0 heterocycles. The third-order valence-corrected chi connectivity index (χ3v) is 3.66. The van der Waals surface area contributed by atoms with Gasteiger partial charge in [0.15, 0.2) is 10.1 Å². The summed E-state index contributed by atoms with van der Waals surface area (Å²) in [5.74, 6) is 0.321. The summed E-state index contributed by atoms with van der Waals surface area (Å²) in [6.07, 6.45) is 0.905. The second-order valence-corrected chi connectivity index (χ2v) is 8.15. The smallest absolute Gasteiger partial charge is 0.485 e. The van der Waals surface area contributed by atoms with Gasteiger partial charge in [-0.1, -0.05) is 13.8 Å². The monoisotopic (exact) mass is 399 g/mol. The predicted molar refractivity (Wildman–Crippen MR) is 91.5 cm³/mol. The normalized spacial score (nSPS) is 12.4. The second kappa shape index (κ2) is 9.33. The number of hydrogen-bond acceptors (Lipinski definition) is 5. The summed E-state index contributed by atoms with van der Waals surface area (Å²) in [7, 11) is 0.189. The minimum Gasteiger partial charge on any atom is -0.741 e. The van der Waals surface area contributed by atoms with E-state index in [1.807, 2.05) is 24.3 Å². The minimum atomic E-state index is -6.09. The lowest BCUT2D eigenvalue weighted by Crippen LogP contribution is -2.34. The summed E-state index contributed by atoms with van der Waals surface area (Å²) in [4.78, 5) is 11.8. The molecular weight excluding hydrogens is 375 g/mol. The number of alkyl halides is 3. The van der Waals surface area contributed by atoms with E-state index in [1.54, 1.807) is 0 Å². The highest BCUT2D eigenvalue weighted by Gasteiger charge is 2.36. The quantitative estimate of drug-likeness (QED) is 0.329. The zero-order valence-electron chi connectivity index (χ0n) is 15.3. The van der Waals surface area contributed by atoms with E-state index in [2.05, 4.69) is 35.0 Å². The summed E-state index contributed by atoms with van der Waals surface area (Å²) >= 11 is 0. The van der Waals surface area contributed by atoms with Crippen LogP contribution in [0.3, 0.4) is 0 Å². The van der Waals surface area contributed by atoms with Gasteiger partial charge in [-0.2, -0.15) is 13.2 Å². The highest BCUT2D eigenvalue weighted by atomic mass is 32.2. The fraction of sp³-hybridized carbons (Fsp3) is 0.562. The maximum absolute atomic E-state index is 11.8. The van der Waals surface area contributed by atoms with Crippen LogP contribution in [0.1, 0.15) is 30.6 Å². The Balaban J connectivity index is 0.000000660. The molecule has 0 saturated heterocycles. The van der Waals surface area contributed by atoms with Gasteiger partial charge in [0.25, 0.3) is 0 Å². The number of rotatable bonds is 5. The second-order valence-electron chi connectivity index (χ2n) is 6.78. The van der Waals surface area contributed by atoms with Crippen LogP contribution in [-0.4, -0.2) is 52.2 Å². The molecule has 1 rings (SSSR count). The van der Waals surface area contributed by atoms with E-state index in [-0.39, 0.29) is 5.97 Å². The number of quaternary nitrogens is 1. The first-order valence-corrected chi connectivity index (χ1v) is 9.08. The molecule has 0 fully saturated rings. The van der Waals surface area contributed by atoms with Gasteiger partial charge in [0.05, 0.1) is 33.3 Å². The van der Waals surface area contributed by atoms with Crippen molar-refractivity contribution < 1.29 is 35.7 Å². The Kier molecular flexibility index (Phi) is 8.74. The summed E-state index contributed by atoms with van der Waals surface area (Å²) in [5.41, 5.74) is -3.86. The van der Waals surface area contributed by atoms with Crippen molar-refractivity contribution in [2.45, 2.75) is 25.8 Å². The predicted octanol–water partition coefficient (Wildman–Crippen LogP) is 3.14. The van der Waals surface area contributed by atoms with E-state index in [0.717, 1.165) is 16.6 Å². The van der Waals surface area contributed by atoms with E-state index in [0.29, 0.717) is 18.1 Å². The molecule has 1 aromatic rings. The lowest BCUT2D eigenvalue weighted by atomic mass is 10.1. The molecule has 26 heavy (non-hydrogen) atoms. The van der Waals surface area contributed by atoms with Crippen molar-refractivity contribution in [3.8, 4) is 0 Å². The molecule has 0 N–H and O–H groups in total. The maximum atomic E-state index is 11.8. The Morgan fingerprint density at radius 1 is 1.15 bits per heavy atom. The molecule has 1 aromatic carbocycles. The van der Waals surface area contributed by atoms with Crippen LogP contribution in [0.5, 0.6) is 0 Å². The molecule has 0 atom stereocenters. The molecular formula is C16H24F3NO5S. The minimum absolute atomic E-state index is 0.233. The van der Waals surface area contributed by atoms with Crippen molar-refractivity contribution in [2.24, 2.45) is 5.92 Å². The zero-order chi connectivity index (χ0) is 20.8. The molecule has 0 unspecified atom stereocenters. The van der Waals surface area contributed by atoms with Crippen LogP contribution in [-0.2, 0) is 14.9 Å². The molecule has 0 aliphatic carbocycles. The molecule has 10 heteroatoms. The van der Waals surface area contributed by atoms with Crippen LogP contribution in [0, 0.1) is 5.92 Å². The van der Waals surface area contributed by atoms with Crippen LogP contribution in [0.25, 0.3) is 0 Å². The standard InChI is InChI=1S/C15H24NO2.CHF3O3S/c1-12(2)10-11-18-15(17)13-6-8-14(9-7-13)16(3,4)5;2-1(3,4)8(5,6)7/h6-9,12H,10-11H2,1-5H3;(H,5,6,7)/q+1;/p-1. The molecule has 0 aromatic heterocycles. The first kappa shape index (κ1) is 24.4. The Labute approximate surface area is 151 Å². The van der Waals surface area contributed by atoms with Gasteiger partial charge >= 0.3 is 11.5 Å². The largest absolute Gasteiger partial charge is 0.741 e. The SMILES string of the molecule is CC(C)CCOC(=O)c1ccc([N+](C)(C)C)cc1.O=S(=O)([O-])C(F)(F)F. The fourth-order valence-electron chi connectivity index (χ4n) is 1.52. The fourth-order valence-corrected chi connectivity index (χ4v) is 1.52. The summed E-state index contributed by atoms with van der Waals surface area (Å²) in [6, 6.07) is 7.60. The van der Waals surface area contributed by atoms with E-state index in [4.69, 9.17) is 17.7 Å². The first-order chi connectivity index (χ1) is 11.6. The van der Waals surface area contributed by atoms with Crippen molar-refractivity contribution in [2.75, 3.05) is 27.7 Å². The molecule has 0 spiro atoms. The average molecular weight is 399 g/mol. The van der Waals surface area contributed by atoms with Crippen LogP contribution in [0.4, 0.5) is 18.9 Å². The summed E-state index contributed by atoms with van der Waals surface area (Å²) in [5, 5.41) is 0. The van der Waals surface area contributed by atoms with Crippen molar-refractivity contribution in [1.29, 1.82) is 0 Å². The van der Waals surface area contributed by atoms with Gasteiger partial charge < -0.3 is 9.29 Å². The Bertz CT molecular complexity index is 677. The Morgan fingerprint density at radius 2 is 1.58 bits per heavy atom. The third kappa shape index (κ3) is 9.16. The van der Waals surface area contributed by atoms with E-state index in [9.17, 15) is 18.0 Å². The lowest BCUT2D eigenvalue weighted by Gasteiger charge is -2.23. The lowest BCUT2D eigenvalue weighted by molar-refractivity contribution is -0.0517. The molecule has 0 aliphatic heterocycles. The van der Waals surface area contributed by atoms with Crippen molar-refractivity contribution in [3.63, 3.8) is 0 Å². The van der Waals surface area contributed by atoms with Gasteiger partial charge in [-0.25, -0.2) is 13.2 Å². The van der Waals surface area contributed by atoms with E-state index in [1.165, 1.54) is 0 Å².